The number of benzene rings is 1. The van der Waals surface area contributed by atoms with Gasteiger partial charge in [-0.15, -0.1) is 0 Å². The second-order valence-corrected chi connectivity index (χ2v) is 6.57. The molecule has 1 rings (SSSR count). The van der Waals surface area contributed by atoms with E-state index in [1.54, 1.807) is 6.92 Å². The van der Waals surface area contributed by atoms with E-state index in [2.05, 4.69) is 30.7 Å². The van der Waals surface area contributed by atoms with E-state index in [4.69, 9.17) is 0 Å². The van der Waals surface area contributed by atoms with E-state index < -0.39 is 10.8 Å². The highest BCUT2D eigenvalue weighted by Gasteiger charge is 2.16. The zero-order valence-corrected chi connectivity index (χ0v) is 12.8. The summed E-state index contributed by atoms with van der Waals surface area (Å²) in [6, 6.07) is 8.16. The molecule has 0 N–H and O–H groups in total. The highest BCUT2D eigenvalue weighted by Crippen LogP contribution is 2.16. The Morgan fingerprint density at radius 3 is 2.26 bits per heavy atom. The summed E-state index contributed by atoms with van der Waals surface area (Å²) >= 11 is 0. The van der Waals surface area contributed by atoms with E-state index in [0.717, 1.165) is 5.56 Å². The SMILES string of the molecule is COC(=O)C(C)CS(=O)Cc1ccc(C(C)C)cc1. The monoisotopic (exact) mass is 282 g/mol. The Kier molecular flexibility index (Phi) is 6.22. The highest BCUT2D eigenvalue weighted by molar-refractivity contribution is 7.84. The molecule has 1 aromatic carbocycles. The lowest BCUT2D eigenvalue weighted by molar-refractivity contribution is -0.144. The number of hydrogen-bond acceptors (Lipinski definition) is 3. The first-order valence-corrected chi connectivity index (χ1v) is 7.94. The Balaban J connectivity index is 2.55. The summed E-state index contributed by atoms with van der Waals surface area (Å²) in [4.78, 5) is 11.3. The maximum Gasteiger partial charge on any atom is 0.309 e. The molecule has 0 bridgehead atoms. The molecule has 0 aliphatic rings. The minimum Gasteiger partial charge on any atom is -0.469 e. The molecule has 0 aliphatic carbocycles. The van der Waals surface area contributed by atoms with Crippen LogP contribution < -0.4 is 0 Å². The van der Waals surface area contributed by atoms with E-state index in [0.29, 0.717) is 17.4 Å². The van der Waals surface area contributed by atoms with E-state index in [1.165, 1.54) is 12.7 Å². The summed E-state index contributed by atoms with van der Waals surface area (Å²) in [5.74, 6) is 0.710. The molecular weight excluding hydrogens is 260 g/mol. The van der Waals surface area contributed by atoms with Gasteiger partial charge in [-0.05, 0) is 17.0 Å². The van der Waals surface area contributed by atoms with Crippen molar-refractivity contribution in [1.82, 2.24) is 0 Å². The number of methoxy groups -OCH3 is 1. The van der Waals surface area contributed by atoms with Crippen molar-refractivity contribution in [2.45, 2.75) is 32.4 Å². The molecule has 0 radical (unpaired) electrons. The minimum atomic E-state index is -1.04. The summed E-state index contributed by atoms with van der Waals surface area (Å²) in [7, 11) is 0.312. The first kappa shape index (κ1) is 15.9. The van der Waals surface area contributed by atoms with Gasteiger partial charge in [0, 0.05) is 22.3 Å². The van der Waals surface area contributed by atoms with Gasteiger partial charge < -0.3 is 4.74 Å². The molecule has 0 saturated carbocycles. The highest BCUT2D eigenvalue weighted by atomic mass is 32.2. The number of rotatable bonds is 6. The Labute approximate surface area is 117 Å². The summed E-state index contributed by atoms with van der Waals surface area (Å²) in [6.45, 7) is 6.03. The Morgan fingerprint density at radius 2 is 1.79 bits per heavy atom. The summed E-state index contributed by atoms with van der Waals surface area (Å²) in [5.41, 5.74) is 2.32. The van der Waals surface area contributed by atoms with Crippen LogP contribution in [-0.2, 0) is 26.1 Å². The number of ether oxygens (including phenoxy) is 1. The summed E-state index contributed by atoms with van der Waals surface area (Å²) in [5, 5.41) is 0. The standard InChI is InChI=1S/C15H22O3S/c1-11(2)14-7-5-13(6-8-14)10-19(17)9-12(3)15(16)18-4/h5-8,11-12H,9-10H2,1-4H3. The van der Waals surface area contributed by atoms with E-state index in [-0.39, 0.29) is 11.9 Å². The van der Waals surface area contributed by atoms with E-state index >= 15 is 0 Å². The minimum absolute atomic E-state index is 0.302. The van der Waals surface area contributed by atoms with Crippen molar-refractivity contribution in [3.05, 3.63) is 35.4 Å². The number of carbonyl (C=O) groups excluding carboxylic acids is 1. The van der Waals surface area contributed by atoms with Gasteiger partial charge in [0.25, 0.3) is 0 Å². The molecule has 0 fully saturated rings. The van der Waals surface area contributed by atoms with Crippen molar-refractivity contribution in [2.75, 3.05) is 12.9 Å². The van der Waals surface area contributed by atoms with Crippen LogP contribution >= 0.6 is 0 Å². The quantitative estimate of drug-likeness (QED) is 0.754. The average molecular weight is 282 g/mol. The zero-order valence-electron chi connectivity index (χ0n) is 12.0. The van der Waals surface area contributed by atoms with Gasteiger partial charge in [0.05, 0.1) is 13.0 Å². The van der Waals surface area contributed by atoms with Gasteiger partial charge >= 0.3 is 5.97 Å². The molecule has 0 aromatic heterocycles. The Hall–Kier alpha value is -1.16. The zero-order chi connectivity index (χ0) is 14.4. The third-order valence-corrected chi connectivity index (χ3v) is 4.54. The molecule has 1 aromatic rings. The maximum atomic E-state index is 12.0. The third kappa shape index (κ3) is 5.15. The normalized spacial score (nSPS) is 14.2. The first-order valence-electron chi connectivity index (χ1n) is 6.45. The summed E-state index contributed by atoms with van der Waals surface area (Å²) in [6.07, 6.45) is 0. The molecule has 0 heterocycles. The lowest BCUT2D eigenvalue weighted by Gasteiger charge is -2.10. The lowest BCUT2D eigenvalue weighted by Crippen LogP contribution is -2.20. The molecule has 106 valence electrons. The van der Waals surface area contributed by atoms with Crippen molar-refractivity contribution in [2.24, 2.45) is 5.92 Å². The van der Waals surface area contributed by atoms with Crippen molar-refractivity contribution < 1.29 is 13.7 Å². The van der Waals surface area contributed by atoms with Gasteiger partial charge in [-0.1, -0.05) is 45.0 Å². The molecule has 2 atom stereocenters. The van der Waals surface area contributed by atoms with Crippen LogP contribution in [0.4, 0.5) is 0 Å². The first-order chi connectivity index (χ1) is 8.93. The van der Waals surface area contributed by atoms with Gasteiger partial charge in [-0.3, -0.25) is 9.00 Å². The average Bonchev–Trinajstić information content (AvgIpc) is 2.38. The number of carbonyl (C=O) groups is 1. The van der Waals surface area contributed by atoms with Gasteiger partial charge in [0.1, 0.15) is 0 Å². The topological polar surface area (TPSA) is 43.4 Å². The van der Waals surface area contributed by atoms with Crippen molar-refractivity contribution in [1.29, 1.82) is 0 Å². The summed E-state index contributed by atoms with van der Waals surface area (Å²) < 4.78 is 16.6. The van der Waals surface area contributed by atoms with Crippen LogP contribution in [-0.4, -0.2) is 23.0 Å². The Bertz CT molecular complexity index is 437. The van der Waals surface area contributed by atoms with Gasteiger partial charge in [0.2, 0.25) is 0 Å². The molecule has 2 unspecified atom stereocenters. The lowest BCUT2D eigenvalue weighted by atomic mass is 10.0. The molecule has 0 amide bonds. The Morgan fingerprint density at radius 1 is 1.21 bits per heavy atom. The van der Waals surface area contributed by atoms with Crippen molar-refractivity contribution in [3.8, 4) is 0 Å². The smallest absolute Gasteiger partial charge is 0.309 e. The fraction of sp³-hybridized carbons (Fsp3) is 0.533. The van der Waals surface area contributed by atoms with Crippen LogP contribution in [0.3, 0.4) is 0 Å². The van der Waals surface area contributed by atoms with Crippen molar-refractivity contribution >= 4 is 16.8 Å². The van der Waals surface area contributed by atoms with Gasteiger partial charge in [-0.2, -0.15) is 0 Å². The van der Waals surface area contributed by atoms with Crippen LogP contribution in [0.15, 0.2) is 24.3 Å². The van der Waals surface area contributed by atoms with Crippen LogP contribution in [0.2, 0.25) is 0 Å². The predicted octanol–water partition coefficient (Wildman–Crippen LogP) is 2.87. The molecule has 19 heavy (non-hydrogen) atoms. The largest absolute Gasteiger partial charge is 0.469 e. The van der Waals surface area contributed by atoms with Crippen LogP contribution in [0.5, 0.6) is 0 Å². The second-order valence-electron chi connectivity index (χ2n) is 5.07. The molecule has 0 saturated heterocycles. The molecule has 4 heteroatoms. The molecular formula is C15H22O3S. The van der Waals surface area contributed by atoms with Gasteiger partial charge in [-0.25, -0.2) is 0 Å². The van der Waals surface area contributed by atoms with E-state index in [1.807, 2.05) is 12.1 Å². The molecule has 0 aliphatic heterocycles. The molecule has 3 nitrogen and oxygen atoms in total. The van der Waals surface area contributed by atoms with Gasteiger partial charge in [0.15, 0.2) is 0 Å². The molecule has 0 spiro atoms. The fourth-order valence-corrected chi connectivity index (χ4v) is 3.17. The number of esters is 1. The second kappa shape index (κ2) is 7.43. The fourth-order valence-electron chi connectivity index (χ4n) is 1.79. The van der Waals surface area contributed by atoms with Crippen molar-refractivity contribution in [3.63, 3.8) is 0 Å². The predicted molar refractivity (Wildman–Crippen MR) is 78.4 cm³/mol. The van der Waals surface area contributed by atoms with E-state index in [9.17, 15) is 9.00 Å². The third-order valence-electron chi connectivity index (χ3n) is 3.01. The van der Waals surface area contributed by atoms with Crippen LogP contribution in [0, 0.1) is 5.92 Å². The number of hydrogen-bond donors (Lipinski definition) is 0. The maximum absolute atomic E-state index is 12.0. The van der Waals surface area contributed by atoms with Crippen LogP contribution in [0.25, 0.3) is 0 Å². The van der Waals surface area contributed by atoms with Crippen LogP contribution in [0.1, 0.15) is 37.8 Å².